The highest BCUT2D eigenvalue weighted by Crippen LogP contribution is 2.40. The Labute approximate surface area is 208 Å². The second-order valence-corrected chi connectivity index (χ2v) is 9.42. The molecule has 6 heteroatoms. The van der Waals surface area contributed by atoms with Gasteiger partial charge in [-0.2, -0.15) is 0 Å². The van der Waals surface area contributed by atoms with Crippen molar-refractivity contribution in [3.63, 3.8) is 0 Å². The zero-order chi connectivity index (χ0) is 24.3. The van der Waals surface area contributed by atoms with Crippen LogP contribution in [0.2, 0.25) is 0 Å². The Balaban J connectivity index is 0.000000343. The van der Waals surface area contributed by atoms with Crippen molar-refractivity contribution < 1.29 is 9.53 Å². The second kappa shape index (κ2) is 13.3. The third-order valence-corrected chi connectivity index (χ3v) is 7.56. The van der Waals surface area contributed by atoms with Gasteiger partial charge in [-0.3, -0.25) is 9.69 Å². The van der Waals surface area contributed by atoms with Gasteiger partial charge in [0.25, 0.3) is 0 Å². The van der Waals surface area contributed by atoms with Gasteiger partial charge in [0.15, 0.2) is 0 Å². The van der Waals surface area contributed by atoms with Crippen LogP contribution in [0.5, 0.6) is 5.75 Å². The number of nitrogens with one attached hydrogen (secondary N) is 1. The minimum atomic E-state index is 0.267. The maximum absolute atomic E-state index is 10.0. The molecule has 1 aliphatic heterocycles. The first-order valence-corrected chi connectivity index (χ1v) is 12.9. The summed E-state index contributed by atoms with van der Waals surface area (Å²) in [7, 11) is 3.78. The van der Waals surface area contributed by atoms with E-state index in [9.17, 15) is 4.79 Å². The fraction of sp³-hybridized carbons (Fsp3) is 0.393. The first kappa shape index (κ1) is 25.9. The van der Waals surface area contributed by atoms with Gasteiger partial charge in [-0.15, -0.1) is 11.3 Å². The van der Waals surface area contributed by atoms with E-state index in [-0.39, 0.29) is 6.04 Å². The fourth-order valence-electron chi connectivity index (χ4n) is 4.30. The average molecular weight is 480 g/mol. The quantitative estimate of drug-likeness (QED) is 0.427. The van der Waals surface area contributed by atoms with Gasteiger partial charge in [0.05, 0.1) is 18.2 Å². The van der Waals surface area contributed by atoms with Crippen molar-refractivity contribution in [1.29, 1.82) is 0 Å². The Morgan fingerprint density at radius 2 is 1.76 bits per heavy atom. The van der Waals surface area contributed by atoms with Crippen LogP contribution in [0.25, 0.3) is 0 Å². The van der Waals surface area contributed by atoms with Gasteiger partial charge in [-0.1, -0.05) is 56.3 Å². The summed E-state index contributed by atoms with van der Waals surface area (Å²) in [4.78, 5) is 16.6. The molecule has 0 aliphatic carbocycles. The molecule has 1 atom stereocenters. The fourth-order valence-corrected chi connectivity index (χ4v) is 5.28. The van der Waals surface area contributed by atoms with Crippen LogP contribution in [-0.4, -0.2) is 63.0 Å². The molecule has 1 fully saturated rings. The summed E-state index contributed by atoms with van der Waals surface area (Å²) in [6, 6.07) is 20.3. The number of hydrogen-bond acceptors (Lipinski definition) is 6. The van der Waals surface area contributed by atoms with Crippen molar-refractivity contribution in [3.8, 4) is 5.75 Å². The molecule has 0 saturated carbocycles. The summed E-state index contributed by atoms with van der Waals surface area (Å²) < 4.78 is 5.51. The Bertz CT molecular complexity index is 1010. The number of hydrogen-bond donors (Lipinski definition) is 1. The lowest BCUT2D eigenvalue weighted by molar-refractivity contribution is 0.112. The zero-order valence-electron chi connectivity index (χ0n) is 20.8. The first-order valence-electron chi connectivity index (χ1n) is 12.0. The molecule has 2 heterocycles. The number of methoxy groups -OCH3 is 1. The number of rotatable bonds is 8. The molecule has 0 spiro atoms. The molecule has 4 rings (SSSR count). The van der Waals surface area contributed by atoms with Crippen LogP contribution < -0.4 is 10.1 Å². The van der Waals surface area contributed by atoms with E-state index in [4.69, 9.17) is 4.74 Å². The van der Waals surface area contributed by atoms with Crippen LogP contribution in [-0.2, 0) is 6.42 Å². The number of benzene rings is 2. The maximum Gasteiger partial charge on any atom is 0.150 e. The maximum atomic E-state index is 10.0. The molecule has 0 amide bonds. The summed E-state index contributed by atoms with van der Waals surface area (Å²) >= 11 is 1.88. The lowest BCUT2D eigenvalue weighted by Gasteiger charge is -2.39. The van der Waals surface area contributed by atoms with Crippen LogP contribution in [0, 0.1) is 0 Å². The average Bonchev–Trinajstić information content (AvgIpc) is 3.33. The van der Waals surface area contributed by atoms with Crippen molar-refractivity contribution in [2.75, 3.05) is 52.2 Å². The van der Waals surface area contributed by atoms with Crippen molar-refractivity contribution >= 4 is 22.6 Å². The molecular weight excluding hydrogens is 442 g/mol. The molecule has 5 nitrogen and oxygen atoms in total. The highest BCUT2D eigenvalue weighted by atomic mass is 32.1. The lowest BCUT2D eigenvalue weighted by Crippen LogP contribution is -2.47. The Kier molecular flexibility index (Phi) is 10.1. The predicted octanol–water partition coefficient (Wildman–Crippen LogP) is 5.59. The smallest absolute Gasteiger partial charge is 0.150 e. The molecule has 1 N–H and O–H groups in total. The summed E-state index contributed by atoms with van der Waals surface area (Å²) in [5.41, 5.74) is 3.44. The van der Waals surface area contributed by atoms with Gasteiger partial charge in [0.2, 0.25) is 0 Å². The molecule has 182 valence electrons. The van der Waals surface area contributed by atoms with E-state index in [0.29, 0.717) is 0 Å². The molecule has 0 bridgehead atoms. The number of carbonyl (C=O) groups is 1. The molecule has 1 aromatic heterocycles. The molecule has 0 radical (unpaired) electrons. The van der Waals surface area contributed by atoms with Gasteiger partial charge >= 0.3 is 0 Å². The summed E-state index contributed by atoms with van der Waals surface area (Å²) in [5.74, 6) is 0.927. The van der Waals surface area contributed by atoms with Crippen molar-refractivity contribution in [2.24, 2.45) is 0 Å². The Morgan fingerprint density at radius 3 is 2.32 bits per heavy atom. The Morgan fingerprint density at radius 1 is 1.03 bits per heavy atom. The lowest BCUT2D eigenvalue weighted by atomic mass is 9.97. The minimum Gasteiger partial charge on any atom is -0.497 e. The molecule has 2 aromatic carbocycles. The number of thiophene rings is 1. The number of anilines is 1. The van der Waals surface area contributed by atoms with Crippen molar-refractivity contribution in [2.45, 2.75) is 26.3 Å². The van der Waals surface area contributed by atoms with Gasteiger partial charge in [-0.25, -0.2) is 0 Å². The minimum absolute atomic E-state index is 0.267. The van der Waals surface area contributed by atoms with Crippen LogP contribution in [0.3, 0.4) is 0 Å². The van der Waals surface area contributed by atoms with E-state index in [1.54, 1.807) is 19.2 Å². The number of piperazine rings is 1. The number of ether oxygens (including phenoxy) is 1. The molecule has 1 saturated heterocycles. The van der Waals surface area contributed by atoms with Gasteiger partial charge in [0, 0.05) is 49.2 Å². The normalized spacial score (nSPS) is 15.2. The van der Waals surface area contributed by atoms with Crippen LogP contribution in [0.15, 0.2) is 60.7 Å². The first-order chi connectivity index (χ1) is 16.6. The van der Waals surface area contributed by atoms with Crippen LogP contribution >= 0.6 is 11.3 Å². The van der Waals surface area contributed by atoms with E-state index in [0.717, 1.165) is 56.7 Å². The highest BCUT2D eigenvalue weighted by Gasteiger charge is 2.29. The SMILES string of the molecule is CCc1cc(C(c2cccc(OC)c2)N2CCN(CC)CC2)c(NC)s1.O=Cc1ccccc1. The van der Waals surface area contributed by atoms with Gasteiger partial charge in [0.1, 0.15) is 12.0 Å². The topological polar surface area (TPSA) is 44.8 Å². The van der Waals surface area contributed by atoms with Crippen molar-refractivity contribution in [3.05, 3.63) is 82.2 Å². The van der Waals surface area contributed by atoms with Gasteiger partial charge < -0.3 is 15.0 Å². The summed E-state index contributed by atoms with van der Waals surface area (Å²) in [6.45, 7) is 10.1. The van der Waals surface area contributed by atoms with E-state index < -0.39 is 0 Å². The van der Waals surface area contributed by atoms with Crippen LogP contribution in [0.4, 0.5) is 5.00 Å². The number of carbonyl (C=O) groups excluding carboxylic acids is 1. The van der Waals surface area contributed by atoms with Crippen LogP contribution in [0.1, 0.15) is 46.3 Å². The molecule has 1 unspecified atom stereocenters. The largest absolute Gasteiger partial charge is 0.497 e. The zero-order valence-corrected chi connectivity index (χ0v) is 21.6. The highest BCUT2D eigenvalue weighted by molar-refractivity contribution is 7.16. The molecule has 34 heavy (non-hydrogen) atoms. The number of aryl methyl sites for hydroxylation is 1. The monoisotopic (exact) mass is 479 g/mol. The second-order valence-electron chi connectivity index (χ2n) is 8.28. The summed E-state index contributed by atoms with van der Waals surface area (Å²) in [5, 5.41) is 4.72. The third kappa shape index (κ3) is 6.69. The molecule has 1 aliphatic rings. The summed E-state index contributed by atoms with van der Waals surface area (Å²) in [6.07, 6.45) is 1.91. The van der Waals surface area contributed by atoms with Crippen molar-refractivity contribution in [1.82, 2.24) is 9.80 Å². The van der Waals surface area contributed by atoms with E-state index in [1.165, 1.54) is 21.0 Å². The molecule has 3 aromatic rings. The number of likely N-dealkylation sites (N-methyl/N-ethyl adjacent to an activating group) is 1. The Hall–Kier alpha value is -2.67. The predicted molar refractivity (Wildman–Crippen MR) is 144 cm³/mol. The van der Waals surface area contributed by atoms with E-state index in [2.05, 4.69) is 53.2 Å². The molecular formula is C28H37N3O2S. The van der Waals surface area contributed by atoms with E-state index in [1.807, 2.05) is 42.6 Å². The number of nitrogens with zero attached hydrogens (tertiary/aromatic N) is 2. The standard InChI is InChI=1S/C21H31N3OS.C7H6O/c1-5-18-15-19(21(22-3)26-18)20(16-8-7-9-17(14-16)25-4)24-12-10-23(6-2)11-13-24;8-6-7-4-2-1-3-5-7/h7-9,14-15,20,22H,5-6,10-13H2,1-4H3;1-6H. The van der Waals surface area contributed by atoms with E-state index >= 15 is 0 Å². The third-order valence-electron chi connectivity index (χ3n) is 6.25. The number of aldehydes is 1. The van der Waals surface area contributed by atoms with Gasteiger partial charge in [-0.05, 0) is 36.7 Å².